The first-order chi connectivity index (χ1) is 7.56. The number of nitrogens with zero attached hydrogens (tertiary/aromatic N) is 1. The molecule has 1 aliphatic carbocycles. The average molecular weight is 221 g/mol. The van der Waals surface area contributed by atoms with Gasteiger partial charge < -0.3 is 0 Å². The normalized spacial score (nSPS) is 27.9. The Hall–Kier alpha value is -1.17. The molecule has 16 heavy (non-hydrogen) atoms. The molecule has 3 unspecified atom stereocenters. The number of ketones is 2. The largest absolute Gasteiger partial charge is 0.299 e. The quantitative estimate of drug-likeness (QED) is 0.688. The fourth-order valence-corrected chi connectivity index (χ4v) is 2.35. The van der Waals surface area contributed by atoms with E-state index in [1.54, 1.807) is 0 Å². The maximum absolute atomic E-state index is 11.6. The van der Waals surface area contributed by atoms with Crippen LogP contribution in [0.15, 0.2) is 0 Å². The topological polar surface area (TPSA) is 57.9 Å². The summed E-state index contributed by atoms with van der Waals surface area (Å²) in [6, 6.07) is 1.90. The van der Waals surface area contributed by atoms with Crippen molar-refractivity contribution < 1.29 is 9.59 Å². The van der Waals surface area contributed by atoms with Crippen molar-refractivity contribution in [3.05, 3.63) is 0 Å². The van der Waals surface area contributed by atoms with Crippen LogP contribution in [0.4, 0.5) is 0 Å². The monoisotopic (exact) mass is 221 g/mol. The highest BCUT2D eigenvalue weighted by molar-refractivity contribution is 5.83. The number of hydrogen-bond donors (Lipinski definition) is 0. The molecule has 1 saturated carbocycles. The molecule has 1 aliphatic rings. The van der Waals surface area contributed by atoms with Gasteiger partial charge in [-0.15, -0.1) is 0 Å². The van der Waals surface area contributed by atoms with Crippen LogP contribution in [0.1, 0.15) is 46.0 Å². The second-order valence-corrected chi connectivity index (χ2v) is 4.83. The molecule has 1 rings (SSSR count). The van der Waals surface area contributed by atoms with E-state index in [1.807, 2.05) is 19.9 Å². The first-order valence-corrected chi connectivity index (χ1v) is 5.98. The van der Waals surface area contributed by atoms with Crippen molar-refractivity contribution in [3.63, 3.8) is 0 Å². The summed E-state index contributed by atoms with van der Waals surface area (Å²) >= 11 is 0. The van der Waals surface area contributed by atoms with Crippen LogP contribution in [0.3, 0.4) is 0 Å². The standard InChI is InChI=1S/C13H19NO2/c1-9-3-4-11(5-6-12(9)15)10(2)13(16)7-8-14/h9-11H,3-7H2,1-2H3. The zero-order valence-corrected chi connectivity index (χ0v) is 10.0. The predicted molar refractivity (Wildman–Crippen MR) is 60.5 cm³/mol. The van der Waals surface area contributed by atoms with Crippen LogP contribution in [-0.4, -0.2) is 11.6 Å². The second-order valence-electron chi connectivity index (χ2n) is 4.83. The second kappa shape index (κ2) is 5.79. The molecule has 0 amide bonds. The Morgan fingerprint density at radius 2 is 2.19 bits per heavy atom. The minimum atomic E-state index is -0.0715. The van der Waals surface area contributed by atoms with Crippen LogP contribution in [-0.2, 0) is 9.59 Å². The molecule has 0 saturated heterocycles. The fourth-order valence-electron chi connectivity index (χ4n) is 2.35. The van der Waals surface area contributed by atoms with Crippen molar-refractivity contribution in [2.24, 2.45) is 17.8 Å². The zero-order chi connectivity index (χ0) is 12.1. The molecule has 0 aliphatic heterocycles. The molecule has 88 valence electrons. The van der Waals surface area contributed by atoms with Gasteiger partial charge in [0, 0.05) is 18.3 Å². The van der Waals surface area contributed by atoms with Gasteiger partial charge in [0.1, 0.15) is 11.6 Å². The summed E-state index contributed by atoms with van der Waals surface area (Å²) in [7, 11) is 0. The van der Waals surface area contributed by atoms with E-state index >= 15 is 0 Å². The van der Waals surface area contributed by atoms with Gasteiger partial charge in [0.25, 0.3) is 0 Å². The third-order valence-corrected chi connectivity index (χ3v) is 3.75. The first-order valence-electron chi connectivity index (χ1n) is 5.98. The molecule has 0 bridgehead atoms. The van der Waals surface area contributed by atoms with Gasteiger partial charge in [-0.1, -0.05) is 13.8 Å². The summed E-state index contributed by atoms with van der Waals surface area (Å²) in [5.41, 5.74) is 0. The lowest BCUT2D eigenvalue weighted by Gasteiger charge is -2.19. The number of Topliss-reactive ketones (excluding diaryl/α,β-unsaturated/α-hetero) is 2. The SMILES string of the molecule is CC1CCC(C(C)C(=O)CC#N)CCC1=O. The van der Waals surface area contributed by atoms with Crippen LogP contribution < -0.4 is 0 Å². The van der Waals surface area contributed by atoms with Crippen LogP contribution in [0, 0.1) is 29.1 Å². The summed E-state index contributed by atoms with van der Waals surface area (Å²) in [6.07, 6.45) is 3.22. The zero-order valence-electron chi connectivity index (χ0n) is 10.0. The van der Waals surface area contributed by atoms with Crippen molar-refractivity contribution in [2.75, 3.05) is 0 Å². The van der Waals surface area contributed by atoms with Crippen molar-refractivity contribution in [3.8, 4) is 6.07 Å². The van der Waals surface area contributed by atoms with Crippen molar-refractivity contribution in [2.45, 2.75) is 46.0 Å². The third kappa shape index (κ3) is 3.16. The lowest BCUT2D eigenvalue weighted by molar-refractivity contribution is -0.124. The first kappa shape index (κ1) is 12.9. The molecular weight excluding hydrogens is 202 g/mol. The highest BCUT2D eigenvalue weighted by Crippen LogP contribution is 2.30. The maximum atomic E-state index is 11.6. The minimum absolute atomic E-state index is 0.00116. The Bertz CT molecular complexity index is 316. The average Bonchev–Trinajstić information content (AvgIpc) is 2.42. The number of hydrogen-bond acceptors (Lipinski definition) is 3. The van der Waals surface area contributed by atoms with Gasteiger partial charge in [-0.2, -0.15) is 5.26 Å². The lowest BCUT2D eigenvalue weighted by atomic mass is 9.84. The Labute approximate surface area is 96.8 Å². The molecule has 0 heterocycles. The van der Waals surface area contributed by atoms with Crippen LogP contribution >= 0.6 is 0 Å². The summed E-state index contributed by atoms with van der Waals surface area (Å²) in [6.45, 7) is 3.86. The summed E-state index contributed by atoms with van der Waals surface area (Å²) < 4.78 is 0. The van der Waals surface area contributed by atoms with E-state index in [-0.39, 0.29) is 30.0 Å². The highest BCUT2D eigenvalue weighted by Gasteiger charge is 2.28. The highest BCUT2D eigenvalue weighted by atomic mass is 16.1. The molecule has 3 nitrogen and oxygen atoms in total. The van der Waals surface area contributed by atoms with Gasteiger partial charge in [-0.05, 0) is 25.2 Å². The molecule has 0 radical (unpaired) electrons. The Morgan fingerprint density at radius 1 is 1.50 bits per heavy atom. The fraction of sp³-hybridized carbons (Fsp3) is 0.769. The van der Waals surface area contributed by atoms with E-state index in [0.29, 0.717) is 12.2 Å². The molecule has 3 heteroatoms. The van der Waals surface area contributed by atoms with Crippen LogP contribution in [0.2, 0.25) is 0 Å². The summed E-state index contributed by atoms with van der Waals surface area (Å²) in [5, 5.41) is 8.50. The smallest absolute Gasteiger partial charge is 0.149 e. The molecular formula is C13H19NO2. The minimum Gasteiger partial charge on any atom is -0.299 e. The third-order valence-electron chi connectivity index (χ3n) is 3.75. The van der Waals surface area contributed by atoms with Crippen LogP contribution in [0.5, 0.6) is 0 Å². The van der Waals surface area contributed by atoms with E-state index in [1.165, 1.54) is 0 Å². The molecule has 0 aromatic carbocycles. The number of nitriles is 1. The van der Waals surface area contributed by atoms with Gasteiger partial charge >= 0.3 is 0 Å². The lowest BCUT2D eigenvalue weighted by Crippen LogP contribution is -2.20. The molecule has 1 fully saturated rings. The van der Waals surface area contributed by atoms with Crippen molar-refractivity contribution in [1.29, 1.82) is 5.26 Å². The van der Waals surface area contributed by atoms with Gasteiger partial charge in [0.05, 0.1) is 12.5 Å². The predicted octanol–water partition coefficient (Wildman–Crippen LogP) is 2.50. The number of carbonyl (C=O) groups is 2. The molecule has 0 N–H and O–H groups in total. The Morgan fingerprint density at radius 3 is 2.81 bits per heavy atom. The van der Waals surface area contributed by atoms with Gasteiger partial charge in [0.15, 0.2) is 0 Å². The van der Waals surface area contributed by atoms with Gasteiger partial charge in [0.2, 0.25) is 0 Å². The van der Waals surface area contributed by atoms with E-state index in [2.05, 4.69) is 0 Å². The molecule has 0 aromatic heterocycles. The van der Waals surface area contributed by atoms with E-state index in [4.69, 9.17) is 5.26 Å². The summed E-state index contributed by atoms with van der Waals surface area (Å²) in [4.78, 5) is 23.2. The molecule has 0 spiro atoms. The van der Waals surface area contributed by atoms with E-state index < -0.39 is 0 Å². The number of rotatable bonds is 3. The Kier molecular flexibility index (Phi) is 4.67. The van der Waals surface area contributed by atoms with Gasteiger partial charge in [-0.25, -0.2) is 0 Å². The number of carbonyl (C=O) groups excluding carboxylic acids is 2. The maximum Gasteiger partial charge on any atom is 0.149 e. The molecule has 3 atom stereocenters. The Balaban J connectivity index is 2.58. The molecule has 0 aromatic rings. The van der Waals surface area contributed by atoms with Crippen molar-refractivity contribution in [1.82, 2.24) is 0 Å². The van der Waals surface area contributed by atoms with E-state index in [9.17, 15) is 9.59 Å². The van der Waals surface area contributed by atoms with Gasteiger partial charge in [-0.3, -0.25) is 9.59 Å². The van der Waals surface area contributed by atoms with Crippen molar-refractivity contribution >= 4 is 11.6 Å². The van der Waals surface area contributed by atoms with E-state index in [0.717, 1.165) is 19.3 Å². The summed E-state index contributed by atoms with van der Waals surface area (Å²) in [5.74, 6) is 0.702. The van der Waals surface area contributed by atoms with Crippen LogP contribution in [0.25, 0.3) is 0 Å².